The summed E-state index contributed by atoms with van der Waals surface area (Å²) >= 11 is 1.46. The number of hydrogen-bond donors (Lipinski definition) is 4. The van der Waals surface area contributed by atoms with Gasteiger partial charge in [-0.1, -0.05) is 6.92 Å². The van der Waals surface area contributed by atoms with E-state index in [1.807, 2.05) is 16.9 Å². The van der Waals surface area contributed by atoms with Crippen LogP contribution in [-0.4, -0.2) is 26.0 Å². The van der Waals surface area contributed by atoms with Gasteiger partial charge in [-0.3, -0.25) is 4.68 Å². The van der Waals surface area contributed by atoms with Crippen molar-refractivity contribution < 1.29 is 0 Å². The molecule has 0 fully saturated rings. The molecule has 0 spiro atoms. The zero-order valence-corrected chi connectivity index (χ0v) is 14.7. The Labute approximate surface area is 149 Å². The molecule has 0 unspecified atom stereocenters. The Morgan fingerprint density at radius 1 is 1.36 bits per heavy atom. The molecule has 0 aromatic carbocycles. The SMILES string of the molecule is CCCn1cc(-c2cnc(N)c(NCc3cc(N)c(C=N)s3)n2)cn1. The number of hydrogen-bond acceptors (Lipinski definition) is 8. The molecule has 3 heterocycles. The number of nitrogen functional groups attached to an aromatic ring is 2. The Balaban J connectivity index is 1.77. The minimum absolute atomic E-state index is 0.335. The lowest BCUT2D eigenvalue weighted by Crippen LogP contribution is -2.06. The minimum Gasteiger partial charge on any atom is -0.398 e. The Kier molecular flexibility index (Phi) is 4.94. The van der Waals surface area contributed by atoms with Crippen molar-refractivity contribution >= 4 is 34.9 Å². The van der Waals surface area contributed by atoms with E-state index in [9.17, 15) is 0 Å². The molecule has 0 amide bonds. The van der Waals surface area contributed by atoms with Crippen molar-refractivity contribution in [1.29, 1.82) is 5.41 Å². The lowest BCUT2D eigenvalue weighted by Gasteiger charge is -2.08. The van der Waals surface area contributed by atoms with Crippen molar-refractivity contribution in [2.24, 2.45) is 0 Å². The first kappa shape index (κ1) is 16.9. The Hall–Kier alpha value is -2.94. The van der Waals surface area contributed by atoms with Crippen LogP contribution in [0.3, 0.4) is 0 Å². The highest BCUT2D eigenvalue weighted by Crippen LogP contribution is 2.25. The molecule has 3 aromatic heterocycles. The summed E-state index contributed by atoms with van der Waals surface area (Å²) in [5, 5.41) is 14.8. The number of nitrogens with zero attached hydrogens (tertiary/aromatic N) is 4. The highest BCUT2D eigenvalue weighted by molar-refractivity contribution is 7.14. The first-order chi connectivity index (χ1) is 12.1. The van der Waals surface area contributed by atoms with E-state index in [4.69, 9.17) is 16.9 Å². The smallest absolute Gasteiger partial charge is 0.169 e. The third-order valence-electron chi connectivity index (χ3n) is 3.59. The predicted molar refractivity (Wildman–Crippen MR) is 102 cm³/mol. The molecule has 0 atom stereocenters. The fraction of sp³-hybridized carbons (Fsp3) is 0.250. The van der Waals surface area contributed by atoms with Crippen LogP contribution in [0.4, 0.5) is 17.3 Å². The number of aryl methyl sites for hydroxylation is 1. The van der Waals surface area contributed by atoms with Crippen molar-refractivity contribution in [3.05, 3.63) is 34.4 Å². The van der Waals surface area contributed by atoms with E-state index in [0.717, 1.165) is 28.3 Å². The molecule has 0 radical (unpaired) electrons. The highest BCUT2D eigenvalue weighted by atomic mass is 32.1. The predicted octanol–water partition coefficient (Wildman–Crippen LogP) is 2.59. The van der Waals surface area contributed by atoms with Crippen LogP contribution in [0.1, 0.15) is 23.1 Å². The van der Waals surface area contributed by atoms with E-state index in [-0.39, 0.29) is 0 Å². The fourth-order valence-electron chi connectivity index (χ4n) is 2.36. The van der Waals surface area contributed by atoms with Crippen molar-refractivity contribution in [2.75, 3.05) is 16.8 Å². The molecule has 3 rings (SSSR count). The number of nitrogens with one attached hydrogen (secondary N) is 2. The zero-order valence-electron chi connectivity index (χ0n) is 13.9. The first-order valence-corrected chi connectivity index (χ1v) is 8.70. The largest absolute Gasteiger partial charge is 0.398 e. The van der Waals surface area contributed by atoms with Gasteiger partial charge in [0, 0.05) is 29.4 Å². The quantitative estimate of drug-likeness (QED) is 0.481. The molecule has 25 heavy (non-hydrogen) atoms. The van der Waals surface area contributed by atoms with Gasteiger partial charge in [-0.25, -0.2) is 9.97 Å². The second kappa shape index (κ2) is 7.31. The van der Waals surface area contributed by atoms with Crippen molar-refractivity contribution in [2.45, 2.75) is 26.4 Å². The first-order valence-electron chi connectivity index (χ1n) is 7.88. The van der Waals surface area contributed by atoms with Crippen LogP contribution < -0.4 is 16.8 Å². The molecular weight excluding hydrogens is 336 g/mol. The van der Waals surface area contributed by atoms with Gasteiger partial charge in [0.25, 0.3) is 0 Å². The van der Waals surface area contributed by atoms with E-state index in [1.54, 1.807) is 12.4 Å². The lowest BCUT2D eigenvalue weighted by atomic mass is 10.2. The molecule has 0 aliphatic heterocycles. The Morgan fingerprint density at radius 2 is 2.20 bits per heavy atom. The second-order valence-corrected chi connectivity index (χ2v) is 6.68. The number of rotatable bonds is 7. The number of aromatic nitrogens is 4. The lowest BCUT2D eigenvalue weighted by molar-refractivity contribution is 0.603. The summed E-state index contributed by atoms with van der Waals surface area (Å²) in [6.45, 7) is 3.48. The number of thiophene rings is 1. The molecule has 0 bridgehead atoms. The molecule has 0 aliphatic carbocycles. The summed E-state index contributed by atoms with van der Waals surface area (Å²) in [5.74, 6) is 0.852. The van der Waals surface area contributed by atoms with E-state index in [0.29, 0.717) is 29.6 Å². The van der Waals surface area contributed by atoms with E-state index in [1.165, 1.54) is 17.6 Å². The summed E-state index contributed by atoms with van der Waals surface area (Å²) < 4.78 is 1.88. The van der Waals surface area contributed by atoms with Gasteiger partial charge < -0.3 is 22.2 Å². The average Bonchev–Trinajstić information content (AvgIpc) is 3.21. The second-order valence-electron chi connectivity index (χ2n) is 5.51. The van der Waals surface area contributed by atoms with E-state index < -0.39 is 0 Å². The van der Waals surface area contributed by atoms with Gasteiger partial charge >= 0.3 is 0 Å². The standard InChI is InChI=1S/C16H20N8S/c1-2-3-24-9-10(6-22-24)13-8-20-15(19)16(23-13)21-7-11-4-12(18)14(5-17)25-11/h4-6,8-9,17H,2-3,7,18H2,1H3,(H2,19,20)(H,21,23). The van der Waals surface area contributed by atoms with Gasteiger partial charge in [0.2, 0.25) is 0 Å². The topological polar surface area (TPSA) is 132 Å². The Morgan fingerprint density at radius 3 is 2.92 bits per heavy atom. The molecule has 9 heteroatoms. The van der Waals surface area contributed by atoms with Crippen LogP contribution >= 0.6 is 11.3 Å². The fourth-order valence-corrected chi connectivity index (χ4v) is 3.21. The maximum atomic E-state index is 7.32. The monoisotopic (exact) mass is 356 g/mol. The van der Waals surface area contributed by atoms with Crippen LogP contribution in [-0.2, 0) is 13.1 Å². The van der Waals surface area contributed by atoms with Crippen molar-refractivity contribution in [1.82, 2.24) is 19.7 Å². The molecule has 6 N–H and O–H groups in total. The van der Waals surface area contributed by atoms with Gasteiger partial charge in [-0.2, -0.15) is 5.10 Å². The zero-order chi connectivity index (χ0) is 17.8. The molecule has 0 aliphatic rings. The third kappa shape index (κ3) is 3.77. The summed E-state index contributed by atoms with van der Waals surface area (Å²) in [6, 6.07) is 1.85. The summed E-state index contributed by atoms with van der Waals surface area (Å²) in [6.07, 6.45) is 7.64. The van der Waals surface area contributed by atoms with Crippen molar-refractivity contribution in [3.8, 4) is 11.3 Å². The maximum Gasteiger partial charge on any atom is 0.169 e. The van der Waals surface area contributed by atoms with Crippen LogP contribution in [0.2, 0.25) is 0 Å². The summed E-state index contributed by atoms with van der Waals surface area (Å²) in [7, 11) is 0. The number of anilines is 3. The van der Waals surface area contributed by atoms with E-state index >= 15 is 0 Å². The summed E-state index contributed by atoms with van der Waals surface area (Å²) in [4.78, 5) is 10.5. The van der Waals surface area contributed by atoms with E-state index in [2.05, 4.69) is 27.3 Å². The maximum absolute atomic E-state index is 7.32. The average molecular weight is 356 g/mol. The normalized spacial score (nSPS) is 10.8. The molecule has 130 valence electrons. The summed E-state index contributed by atoms with van der Waals surface area (Å²) in [5.41, 5.74) is 14.0. The van der Waals surface area contributed by atoms with Gasteiger partial charge in [-0.15, -0.1) is 11.3 Å². The van der Waals surface area contributed by atoms with Crippen LogP contribution in [0.15, 0.2) is 24.7 Å². The van der Waals surface area contributed by atoms with Crippen LogP contribution in [0.5, 0.6) is 0 Å². The van der Waals surface area contributed by atoms with Crippen molar-refractivity contribution in [3.63, 3.8) is 0 Å². The molecule has 3 aromatic rings. The van der Waals surface area contributed by atoms with Gasteiger partial charge in [0.05, 0.1) is 35.2 Å². The minimum atomic E-state index is 0.335. The third-order valence-corrected chi connectivity index (χ3v) is 4.68. The molecule has 8 nitrogen and oxygen atoms in total. The van der Waals surface area contributed by atoms with Gasteiger partial charge in [-0.05, 0) is 12.5 Å². The van der Waals surface area contributed by atoms with Crippen LogP contribution in [0, 0.1) is 5.41 Å². The molecular formula is C16H20N8S. The Bertz CT molecular complexity index is 882. The molecule has 0 saturated carbocycles. The number of nitrogens with two attached hydrogens (primary N) is 2. The molecule has 0 saturated heterocycles. The van der Waals surface area contributed by atoms with Gasteiger partial charge in [0.15, 0.2) is 11.6 Å². The van der Waals surface area contributed by atoms with Gasteiger partial charge in [0.1, 0.15) is 0 Å². The highest BCUT2D eigenvalue weighted by Gasteiger charge is 2.10. The van der Waals surface area contributed by atoms with Crippen LogP contribution in [0.25, 0.3) is 11.3 Å².